The molecule has 0 aliphatic carbocycles. The molecule has 1 heterocycles. The van der Waals surface area contributed by atoms with Crippen LogP contribution in [0.4, 0.5) is 8.78 Å². The zero-order valence-electron chi connectivity index (χ0n) is 10.1. The van der Waals surface area contributed by atoms with Crippen LogP contribution in [-0.2, 0) is 16.2 Å². The van der Waals surface area contributed by atoms with Crippen molar-refractivity contribution in [2.45, 2.75) is 19.1 Å². The third-order valence-corrected chi connectivity index (χ3v) is 3.45. The highest BCUT2D eigenvalue weighted by atomic mass is 19.1. The van der Waals surface area contributed by atoms with E-state index < -0.39 is 24.8 Å². The Morgan fingerprint density at radius 2 is 1.89 bits per heavy atom. The highest BCUT2D eigenvalue weighted by molar-refractivity contribution is 5.86. The monoisotopic (exact) mass is 255 g/mol. The minimum absolute atomic E-state index is 0.126. The number of β-lactam (4-membered cyclic amide) rings is 1. The molecule has 2 rings (SSSR count). The molecule has 0 N–H and O–H groups in total. The summed E-state index contributed by atoms with van der Waals surface area (Å²) >= 11 is 0. The predicted octanol–water partition coefficient (Wildman–Crippen LogP) is 2.27. The van der Waals surface area contributed by atoms with Crippen LogP contribution in [0.2, 0.25) is 0 Å². The van der Waals surface area contributed by atoms with Crippen molar-refractivity contribution in [3.63, 3.8) is 0 Å². The van der Waals surface area contributed by atoms with E-state index in [0.717, 1.165) is 10.6 Å². The molecule has 1 fully saturated rings. The lowest BCUT2D eigenvalue weighted by molar-refractivity contribution is -0.285. The minimum Gasteiger partial charge on any atom is -0.272 e. The second-order valence-electron chi connectivity index (χ2n) is 4.48. The van der Waals surface area contributed by atoms with Gasteiger partial charge in [0.1, 0.15) is 25.5 Å². The van der Waals surface area contributed by atoms with Crippen LogP contribution in [0.15, 0.2) is 30.3 Å². The zero-order valence-corrected chi connectivity index (χ0v) is 10.1. The third kappa shape index (κ3) is 1.88. The fourth-order valence-electron chi connectivity index (χ4n) is 2.02. The van der Waals surface area contributed by atoms with E-state index in [1.54, 1.807) is 0 Å². The molecule has 1 amide bonds. The summed E-state index contributed by atoms with van der Waals surface area (Å²) in [5.74, 6) is -1.05. The smallest absolute Gasteiger partial charge is 0.252 e. The Balaban J connectivity index is 2.03. The van der Waals surface area contributed by atoms with E-state index in [2.05, 4.69) is 0 Å². The lowest BCUT2D eigenvalue weighted by Gasteiger charge is -2.51. The quantitative estimate of drug-likeness (QED) is 0.755. The lowest BCUT2D eigenvalue weighted by atomic mass is 9.78. The number of hydroxylamine groups is 2. The van der Waals surface area contributed by atoms with Gasteiger partial charge in [-0.1, -0.05) is 37.3 Å². The molecule has 0 spiro atoms. The molecule has 1 aromatic rings. The standard InChI is InChI=1S/C13H15F2NO2/c1-10-12(17)16(13(10,8-14)9-15)18-7-11-5-3-2-4-6-11/h2-6,10H,7-9H2,1H3/t10-/m1/s1. The summed E-state index contributed by atoms with van der Waals surface area (Å²) in [7, 11) is 0. The summed E-state index contributed by atoms with van der Waals surface area (Å²) < 4.78 is 26.0. The highest BCUT2D eigenvalue weighted by Gasteiger charge is 2.60. The molecule has 0 unspecified atom stereocenters. The van der Waals surface area contributed by atoms with Crippen LogP contribution < -0.4 is 0 Å². The number of hydrogen-bond acceptors (Lipinski definition) is 2. The lowest BCUT2D eigenvalue weighted by Crippen LogP contribution is -2.72. The van der Waals surface area contributed by atoms with Gasteiger partial charge in [0.15, 0.2) is 0 Å². The Labute approximate surface area is 104 Å². The fraction of sp³-hybridized carbons (Fsp3) is 0.462. The molecule has 18 heavy (non-hydrogen) atoms. The van der Waals surface area contributed by atoms with Crippen molar-refractivity contribution in [1.82, 2.24) is 5.06 Å². The van der Waals surface area contributed by atoms with Crippen LogP contribution in [0.3, 0.4) is 0 Å². The van der Waals surface area contributed by atoms with Gasteiger partial charge in [-0.15, -0.1) is 0 Å². The predicted molar refractivity (Wildman–Crippen MR) is 61.9 cm³/mol. The first-order chi connectivity index (χ1) is 8.65. The van der Waals surface area contributed by atoms with E-state index in [1.165, 1.54) is 6.92 Å². The third-order valence-electron chi connectivity index (χ3n) is 3.45. The molecule has 1 aliphatic rings. The van der Waals surface area contributed by atoms with Gasteiger partial charge in [0.25, 0.3) is 5.91 Å². The molecule has 98 valence electrons. The molecular weight excluding hydrogens is 240 g/mol. The van der Waals surface area contributed by atoms with E-state index in [4.69, 9.17) is 4.84 Å². The van der Waals surface area contributed by atoms with Gasteiger partial charge < -0.3 is 0 Å². The van der Waals surface area contributed by atoms with Crippen molar-refractivity contribution < 1.29 is 18.4 Å². The van der Waals surface area contributed by atoms with Crippen molar-refractivity contribution in [1.29, 1.82) is 0 Å². The first-order valence-corrected chi connectivity index (χ1v) is 5.78. The van der Waals surface area contributed by atoms with Gasteiger partial charge in [-0.05, 0) is 5.56 Å². The van der Waals surface area contributed by atoms with Gasteiger partial charge >= 0.3 is 0 Å². The Bertz CT molecular complexity index is 420. The first-order valence-electron chi connectivity index (χ1n) is 5.78. The largest absolute Gasteiger partial charge is 0.272 e. The summed E-state index contributed by atoms with van der Waals surface area (Å²) in [5, 5.41) is 0.852. The van der Waals surface area contributed by atoms with Crippen molar-refractivity contribution in [3.05, 3.63) is 35.9 Å². The van der Waals surface area contributed by atoms with Crippen LogP contribution in [0.25, 0.3) is 0 Å². The number of amides is 1. The van der Waals surface area contributed by atoms with Crippen molar-refractivity contribution in [3.8, 4) is 0 Å². The Morgan fingerprint density at radius 1 is 1.28 bits per heavy atom. The molecule has 1 aliphatic heterocycles. The molecule has 0 bridgehead atoms. The molecule has 3 nitrogen and oxygen atoms in total. The van der Waals surface area contributed by atoms with Crippen LogP contribution in [0.5, 0.6) is 0 Å². The average molecular weight is 255 g/mol. The summed E-state index contributed by atoms with van der Waals surface area (Å²) in [4.78, 5) is 16.8. The Kier molecular flexibility index (Phi) is 3.61. The number of hydrogen-bond donors (Lipinski definition) is 0. The number of nitrogens with zero attached hydrogens (tertiary/aromatic N) is 1. The maximum atomic E-state index is 13.0. The molecule has 0 radical (unpaired) electrons. The van der Waals surface area contributed by atoms with E-state index in [0.29, 0.717) is 0 Å². The van der Waals surface area contributed by atoms with E-state index in [-0.39, 0.29) is 12.5 Å². The molecular formula is C13H15F2NO2. The van der Waals surface area contributed by atoms with Crippen LogP contribution in [-0.4, -0.2) is 29.9 Å². The molecule has 0 saturated carbocycles. The van der Waals surface area contributed by atoms with E-state index >= 15 is 0 Å². The maximum absolute atomic E-state index is 13.0. The summed E-state index contributed by atoms with van der Waals surface area (Å²) in [6.07, 6.45) is 0. The van der Waals surface area contributed by atoms with Crippen molar-refractivity contribution >= 4 is 5.91 Å². The molecule has 0 aromatic heterocycles. The van der Waals surface area contributed by atoms with Gasteiger partial charge in [-0.3, -0.25) is 9.63 Å². The van der Waals surface area contributed by atoms with Crippen molar-refractivity contribution in [2.75, 3.05) is 13.3 Å². The average Bonchev–Trinajstić information content (AvgIpc) is 2.43. The van der Waals surface area contributed by atoms with Crippen LogP contribution >= 0.6 is 0 Å². The minimum atomic E-state index is -1.44. The Morgan fingerprint density at radius 3 is 2.44 bits per heavy atom. The number of carbonyl (C=O) groups is 1. The van der Waals surface area contributed by atoms with Crippen molar-refractivity contribution in [2.24, 2.45) is 5.92 Å². The number of rotatable bonds is 5. The summed E-state index contributed by atoms with van der Waals surface area (Å²) in [6.45, 7) is -0.235. The SMILES string of the molecule is C[C@@H]1C(=O)N(OCc2ccccc2)C1(CF)CF. The topological polar surface area (TPSA) is 29.5 Å². The van der Waals surface area contributed by atoms with Gasteiger partial charge in [0, 0.05) is 0 Å². The second-order valence-corrected chi connectivity index (χ2v) is 4.48. The van der Waals surface area contributed by atoms with E-state index in [1.807, 2.05) is 30.3 Å². The Hall–Kier alpha value is -1.49. The molecule has 1 atom stereocenters. The molecule has 1 saturated heterocycles. The maximum Gasteiger partial charge on any atom is 0.252 e. The summed E-state index contributed by atoms with van der Waals surface area (Å²) in [6, 6.07) is 9.15. The highest BCUT2D eigenvalue weighted by Crippen LogP contribution is 2.39. The van der Waals surface area contributed by atoms with Crippen LogP contribution in [0, 0.1) is 5.92 Å². The first kappa shape index (κ1) is 13.0. The number of halogens is 2. The molecule has 5 heteroatoms. The van der Waals surface area contributed by atoms with Crippen LogP contribution in [0.1, 0.15) is 12.5 Å². The zero-order chi connectivity index (χ0) is 13.2. The number of carbonyl (C=O) groups excluding carboxylic acids is 1. The fourth-order valence-corrected chi connectivity index (χ4v) is 2.02. The van der Waals surface area contributed by atoms with E-state index in [9.17, 15) is 13.6 Å². The van der Waals surface area contributed by atoms with Gasteiger partial charge in [-0.2, -0.15) is 0 Å². The van der Waals surface area contributed by atoms with Gasteiger partial charge in [-0.25, -0.2) is 13.8 Å². The van der Waals surface area contributed by atoms with Gasteiger partial charge in [0.2, 0.25) is 0 Å². The molecule has 1 aromatic carbocycles. The summed E-state index contributed by atoms with van der Waals surface area (Å²) in [5.41, 5.74) is -0.595. The normalized spacial score (nSPS) is 21.8. The number of benzene rings is 1. The number of alkyl halides is 2. The van der Waals surface area contributed by atoms with Gasteiger partial charge in [0.05, 0.1) is 5.92 Å². The second kappa shape index (κ2) is 5.02.